The third kappa shape index (κ3) is 3.11. The maximum absolute atomic E-state index is 13.2. The molecule has 5 rings (SSSR count). The summed E-state index contributed by atoms with van der Waals surface area (Å²) in [5.41, 5.74) is 11.0. The molecule has 0 saturated carbocycles. The number of anilines is 1. The Kier molecular flexibility index (Phi) is 4.56. The van der Waals surface area contributed by atoms with E-state index in [9.17, 15) is 4.79 Å². The number of hydrogen-bond donors (Lipinski definition) is 1. The lowest BCUT2D eigenvalue weighted by Crippen LogP contribution is -2.08. The van der Waals surface area contributed by atoms with Gasteiger partial charge >= 0.3 is 0 Å². The second-order valence-electron chi connectivity index (χ2n) is 7.39. The zero-order chi connectivity index (χ0) is 20.1. The molecule has 0 atom stereocenters. The molecule has 0 radical (unpaired) electrons. The molecule has 1 aliphatic rings. The zero-order valence-corrected chi connectivity index (χ0v) is 18.3. The summed E-state index contributed by atoms with van der Waals surface area (Å²) in [7, 11) is 0. The molecule has 0 saturated heterocycles. The van der Waals surface area contributed by atoms with Crippen LogP contribution in [0.1, 0.15) is 45.1 Å². The van der Waals surface area contributed by atoms with Crippen LogP contribution in [0.25, 0.3) is 21.5 Å². The summed E-state index contributed by atoms with van der Waals surface area (Å²) in [6, 6.07) is 11.3. The van der Waals surface area contributed by atoms with Gasteiger partial charge in [-0.05, 0) is 74.6 Å². The molecule has 29 heavy (non-hydrogen) atoms. The van der Waals surface area contributed by atoms with Crippen LogP contribution in [0.2, 0.25) is 0 Å². The fourth-order valence-electron chi connectivity index (χ4n) is 4.05. The summed E-state index contributed by atoms with van der Waals surface area (Å²) in [6.07, 6.45) is 4.17. The van der Waals surface area contributed by atoms with E-state index in [1.54, 1.807) is 0 Å². The van der Waals surface area contributed by atoms with Crippen LogP contribution in [0, 0.1) is 6.92 Å². The van der Waals surface area contributed by atoms with E-state index < -0.39 is 0 Å². The van der Waals surface area contributed by atoms with Crippen LogP contribution >= 0.6 is 27.3 Å². The van der Waals surface area contributed by atoms with Gasteiger partial charge in [-0.2, -0.15) is 0 Å². The number of thiophene rings is 1. The van der Waals surface area contributed by atoms with E-state index in [1.807, 2.05) is 43.3 Å². The Morgan fingerprint density at radius 2 is 1.90 bits per heavy atom. The lowest BCUT2D eigenvalue weighted by Gasteiger charge is -2.18. The first-order valence-electron chi connectivity index (χ1n) is 9.63. The number of halogens is 1. The number of nitrogens with zero attached hydrogens (tertiary/aromatic N) is 1. The van der Waals surface area contributed by atoms with Crippen molar-refractivity contribution in [3.05, 3.63) is 68.3 Å². The fraction of sp³-hybridized carbons (Fsp3) is 0.217. The number of fused-ring (bicyclic) bond motifs is 2. The predicted molar refractivity (Wildman–Crippen MR) is 121 cm³/mol. The number of ketones is 1. The number of carbonyl (C=O) groups is 1. The van der Waals surface area contributed by atoms with Gasteiger partial charge in [-0.3, -0.25) is 4.79 Å². The van der Waals surface area contributed by atoms with Gasteiger partial charge in [0.2, 0.25) is 5.78 Å². The number of pyridine rings is 1. The first kappa shape index (κ1) is 18.6. The highest BCUT2D eigenvalue weighted by molar-refractivity contribution is 9.10. The van der Waals surface area contributed by atoms with Crippen molar-refractivity contribution in [1.82, 2.24) is 4.98 Å². The van der Waals surface area contributed by atoms with Gasteiger partial charge in [0.25, 0.3) is 0 Å². The summed E-state index contributed by atoms with van der Waals surface area (Å²) < 4.78 is 6.93. The van der Waals surface area contributed by atoms with Crippen LogP contribution in [0.4, 0.5) is 5.69 Å². The monoisotopic (exact) mass is 466 g/mol. The Labute approximate surface area is 180 Å². The average molecular weight is 467 g/mol. The van der Waals surface area contributed by atoms with E-state index in [4.69, 9.17) is 15.1 Å². The van der Waals surface area contributed by atoms with Gasteiger partial charge in [-0.15, -0.1) is 11.3 Å². The predicted octanol–water partition coefficient (Wildman–Crippen LogP) is 6.32. The molecule has 0 spiro atoms. The highest BCUT2D eigenvalue weighted by atomic mass is 79.9. The number of rotatable bonds is 3. The van der Waals surface area contributed by atoms with E-state index in [0.29, 0.717) is 16.1 Å². The molecule has 1 aromatic carbocycles. The Balaban J connectivity index is 1.76. The van der Waals surface area contributed by atoms with Gasteiger partial charge in [0, 0.05) is 26.7 Å². The molecular weight excluding hydrogens is 448 g/mol. The minimum absolute atomic E-state index is 0.0717. The van der Waals surface area contributed by atoms with E-state index in [0.717, 1.165) is 63.2 Å². The summed E-state index contributed by atoms with van der Waals surface area (Å²) >= 11 is 4.80. The molecule has 0 amide bonds. The Hall–Kier alpha value is -2.44. The standard InChI is InChI=1S/C23H19BrN2O2S/c1-12-6-11-17(28-12)18-15-4-2-3-5-16(15)26-23-19(18)20(25)22(29-23)21(27)13-7-9-14(24)10-8-13/h6-11H,2-5,25H2,1H3. The molecule has 3 heterocycles. The Morgan fingerprint density at radius 1 is 1.14 bits per heavy atom. The van der Waals surface area contributed by atoms with Crippen molar-refractivity contribution in [1.29, 1.82) is 0 Å². The maximum atomic E-state index is 13.2. The van der Waals surface area contributed by atoms with Crippen molar-refractivity contribution in [3.8, 4) is 11.3 Å². The van der Waals surface area contributed by atoms with Crippen LogP contribution in [0.5, 0.6) is 0 Å². The third-order valence-corrected chi connectivity index (χ3v) is 7.08. The summed E-state index contributed by atoms with van der Waals surface area (Å²) in [5.74, 6) is 1.59. The van der Waals surface area contributed by atoms with Crippen molar-refractivity contribution in [2.75, 3.05) is 5.73 Å². The molecule has 6 heteroatoms. The van der Waals surface area contributed by atoms with Crippen LogP contribution in [0.3, 0.4) is 0 Å². The Bertz CT molecular complexity index is 1250. The SMILES string of the molecule is Cc1ccc(-c2c3c(nc4sc(C(=O)c5ccc(Br)cc5)c(N)c24)CCCC3)o1. The van der Waals surface area contributed by atoms with Gasteiger partial charge in [0.15, 0.2) is 0 Å². The highest BCUT2D eigenvalue weighted by Crippen LogP contribution is 2.44. The highest BCUT2D eigenvalue weighted by Gasteiger charge is 2.27. The quantitative estimate of drug-likeness (QED) is 0.358. The van der Waals surface area contributed by atoms with E-state index in [2.05, 4.69) is 15.9 Å². The summed E-state index contributed by atoms with van der Waals surface area (Å²) in [5, 5.41) is 0.852. The van der Waals surface area contributed by atoms with Crippen molar-refractivity contribution in [2.45, 2.75) is 32.6 Å². The van der Waals surface area contributed by atoms with E-state index >= 15 is 0 Å². The first-order chi connectivity index (χ1) is 14.0. The summed E-state index contributed by atoms with van der Waals surface area (Å²) in [4.78, 5) is 19.5. The number of furan rings is 1. The molecule has 3 aromatic heterocycles. The number of carbonyl (C=O) groups excluding carboxylic acids is 1. The van der Waals surface area contributed by atoms with Crippen molar-refractivity contribution < 1.29 is 9.21 Å². The molecule has 0 unspecified atom stereocenters. The number of nitrogen functional groups attached to an aromatic ring is 1. The van der Waals surface area contributed by atoms with Crippen molar-refractivity contribution in [3.63, 3.8) is 0 Å². The summed E-state index contributed by atoms with van der Waals surface area (Å²) in [6.45, 7) is 1.94. The molecule has 1 aliphatic carbocycles. The van der Waals surface area contributed by atoms with Crippen LogP contribution < -0.4 is 5.73 Å². The molecule has 2 N–H and O–H groups in total. The van der Waals surface area contributed by atoms with Crippen molar-refractivity contribution in [2.24, 2.45) is 0 Å². The van der Waals surface area contributed by atoms with Gasteiger partial charge in [0.1, 0.15) is 21.2 Å². The zero-order valence-electron chi connectivity index (χ0n) is 15.9. The van der Waals surface area contributed by atoms with Crippen LogP contribution in [-0.4, -0.2) is 10.8 Å². The smallest absolute Gasteiger partial charge is 0.205 e. The number of aryl methyl sites for hydroxylation is 2. The minimum Gasteiger partial charge on any atom is -0.461 e. The molecule has 146 valence electrons. The second kappa shape index (κ2) is 7.11. The molecule has 0 bridgehead atoms. The minimum atomic E-state index is -0.0717. The number of nitrogens with two attached hydrogens (primary N) is 1. The first-order valence-corrected chi connectivity index (χ1v) is 11.2. The molecule has 4 aromatic rings. The maximum Gasteiger partial charge on any atom is 0.205 e. The van der Waals surface area contributed by atoms with Gasteiger partial charge < -0.3 is 10.2 Å². The molecular formula is C23H19BrN2O2S. The number of benzene rings is 1. The van der Waals surface area contributed by atoms with E-state index in [-0.39, 0.29) is 5.78 Å². The number of aromatic nitrogens is 1. The van der Waals surface area contributed by atoms with Gasteiger partial charge in [-0.1, -0.05) is 15.9 Å². The molecule has 0 fully saturated rings. The van der Waals surface area contributed by atoms with Gasteiger partial charge in [-0.25, -0.2) is 4.98 Å². The lowest BCUT2D eigenvalue weighted by molar-refractivity contribution is 0.104. The average Bonchev–Trinajstić information content (AvgIpc) is 3.29. The number of hydrogen-bond acceptors (Lipinski definition) is 5. The van der Waals surface area contributed by atoms with Crippen LogP contribution in [-0.2, 0) is 12.8 Å². The topological polar surface area (TPSA) is 69.1 Å². The molecule has 0 aliphatic heterocycles. The second-order valence-corrected chi connectivity index (χ2v) is 9.31. The van der Waals surface area contributed by atoms with E-state index in [1.165, 1.54) is 16.9 Å². The van der Waals surface area contributed by atoms with Gasteiger partial charge in [0.05, 0.1) is 5.69 Å². The fourth-order valence-corrected chi connectivity index (χ4v) is 5.40. The normalized spacial score (nSPS) is 13.6. The largest absolute Gasteiger partial charge is 0.461 e. The lowest BCUT2D eigenvalue weighted by atomic mass is 9.89. The van der Waals surface area contributed by atoms with Crippen molar-refractivity contribution >= 4 is 49.0 Å². The third-order valence-electron chi connectivity index (χ3n) is 5.45. The molecule has 4 nitrogen and oxygen atoms in total. The Morgan fingerprint density at radius 3 is 2.62 bits per heavy atom. The van der Waals surface area contributed by atoms with Crippen LogP contribution in [0.15, 0.2) is 45.3 Å².